The lowest BCUT2D eigenvalue weighted by Gasteiger charge is -2.11. The number of aromatic nitrogens is 2. The number of anilines is 2. The second-order valence-corrected chi connectivity index (χ2v) is 4.73. The van der Waals surface area contributed by atoms with Crippen LogP contribution in [0.15, 0.2) is 12.1 Å². The highest BCUT2D eigenvalue weighted by atomic mass is 35.5. The molecule has 5 nitrogen and oxygen atoms in total. The van der Waals surface area contributed by atoms with Crippen molar-refractivity contribution in [3.8, 4) is 11.3 Å². The van der Waals surface area contributed by atoms with Gasteiger partial charge in [0.2, 0.25) is 0 Å². The lowest BCUT2D eigenvalue weighted by Crippen LogP contribution is -2.05. The summed E-state index contributed by atoms with van der Waals surface area (Å²) in [6.45, 7) is 1.45. The van der Waals surface area contributed by atoms with Crippen molar-refractivity contribution >= 4 is 34.7 Å². The van der Waals surface area contributed by atoms with E-state index in [0.29, 0.717) is 33.4 Å². The van der Waals surface area contributed by atoms with Crippen molar-refractivity contribution in [1.82, 2.24) is 9.97 Å². The number of aryl methyl sites for hydroxylation is 1. The number of nitrogens with two attached hydrogens (primary N) is 2. The third-order valence-corrected chi connectivity index (χ3v) is 3.59. The molecule has 0 saturated carbocycles. The third kappa shape index (κ3) is 2.45. The predicted molar refractivity (Wildman–Crippen MR) is 77.0 cm³/mol. The second kappa shape index (κ2) is 5.21. The molecule has 1 aromatic carbocycles. The minimum atomic E-state index is -0.299. The summed E-state index contributed by atoms with van der Waals surface area (Å²) >= 11 is 12.2. The van der Waals surface area contributed by atoms with Gasteiger partial charge in [-0.25, -0.2) is 9.97 Å². The van der Waals surface area contributed by atoms with Crippen molar-refractivity contribution in [3.63, 3.8) is 0 Å². The number of nitrogens with zero attached hydrogens (tertiary/aromatic N) is 2. The van der Waals surface area contributed by atoms with Gasteiger partial charge in [-0.15, -0.1) is 0 Å². The first-order chi connectivity index (χ1) is 8.95. The molecular weight excluding hydrogens is 287 g/mol. The highest BCUT2D eigenvalue weighted by molar-refractivity contribution is 6.45. The minimum Gasteiger partial charge on any atom is -0.397 e. The molecular formula is C12H12Cl2N4O. The fraction of sp³-hybridized carbons (Fsp3) is 0.167. The molecule has 100 valence electrons. The van der Waals surface area contributed by atoms with Crippen LogP contribution in [-0.4, -0.2) is 15.1 Å². The summed E-state index contributed by atoms with van der Waals surface area (Å²) in [7, 11) is 0. The molecule has 19 heavy (non-hydrogen) atoms. The van der Waals surface area contributed by atoms with E-state index < -0.39 is 0 Å². The Hall–Kier alpha value is -1.56. The SMILES string of the molecule is Cc1nc(N)c(CO)nc1-c1ccc(N)c(Cl)c1Cl. The average Bonchev–Trinajstić information content (AvgIpc) is 2.37. The zero-order chi connectivity index (χ0) is 14.2. The van der Waals surface area contributed by atoms with Crippen LogP contribution in [0.4, 0.5) is 11.5 Å². The van der Waals surface area contributed by atoms with Gasteiger partial charge in [0.25, 0.3) is 0 Å². The van der Waals surface area contributed by atoms with E-state index in [1.807, 2.05) is 0 Å². The second-order valence-electron chi connectivity index (χ2n) is 3.98. The lowest BCUT2D eigenvalue weighted by atomic mass is 10.1. The molecule has 5 N–H and O–H groups in total. The number of halogens is 2. The third-order valence-electron chi connectivity index (χ3n) is 2.69. The van der Waals surface area contributed by atoms with E-state index in [2.05, 4.69) is 9.97 Å². The van der Waals surface area contributed by atoms with E-state index in [-0.39, 0.29) is 17.4 Å². The van der Waals surface area contributed by atoms with Crippen molar-refractivity contribution in [2.45, 2.75) is 13.5 Å². The molecule has 1 heterocycles. The molecule has 0 fully saturated rings. The molecule has 0 unspecified atom stereocenters. The van der Waals surface area contributed by atoms with E-state index in [0.717, 1.165) is 0 Å². The van der Waals surface area contributed by atoms with Crippen molar-refractivity contribution in [1.29, 1.82) is 0 Å². The highest BCUT2D eigenvalue weighted by Crippen LogP contribution is 2.37. The van der Waals surface area contributed by atoms with Crippen molar-refractivity contribution < 1.29 is 5.11 Å². The van der Waals surface area contributed by atoms with Crippen molar-refractivity contribution in [2.75, 3.05) is 11.5 Å². The summed E-state index contributed by atoms with van der Waals surface area (Å²) in [5, 5.41) is 9.75. The van der Waals surface area contributed by atoms with Gasteiger partial charge in [0.15, 0.2) is 0 Å². The maximum absolute atomic E-state index is 9.19. The molecule has 0 saturated heterocycles. The number of nitrogen functional groups attached to an aromatic ring is 2. The van der Waals surface area contributed by atoms with Crippen LogP contribution < -0.4 is 11.5 Å². The van der Waals surface area contributed by atoms with Crippen LogP contribution in [0.2, 0.25) is 10.0 Å². The van der Waals surface area contributed by atoms with Gasteiger partial charge in [0, 0.05) is 5.56 Å². The van der Waals surface area contributed by atoms with Gasteiger partial charge < -0.3 is 16.6 Å². The Kier molecular flexibility index (Phi) is 3.80. The van der Waals surface area contributed by atoms with Gasteiger partial charge >= 0.3 is 0 Å². The highest BCUT2D eigenvalue weighted by Gasteiger charge is 2.15. The molecule has 0 aliphatic carbocycles. The molecule has 0 aliphatic rings. The predicted octanol–water partition coefficient (Wildman–Crippen LogP) is 2.42. The van der Waals surface area contributed by atoms with Gasteiger partial charge in [-0.05, 0) is 19.1 Å². The van der Waals surface area contributed by atoms with Gasteiger partial charge in [0.1, 0.15) is 11.5 Å². The molecule has 0 radical (unpaired) electrons. The summed E-state index contributed by atoms with van der Waals surface area (Å²) in [5.74, 6) is 0.196. The summed E-state index contributed by atoms with van der Waals surface area (Å²) in [6, 6.07) is 3.34. The molecule has 1 aromatic heterocycles. The van der Waals surface area contributed by atoms with E-state index in [1.165, 1.54) is 0 Å². The average molecular weight is 299 g/mol. The molecule has 0 bridgehead atoms. The number of benzene rings is 1. The summed E-state index contributed by atoms with van der Waals surface area (Å²) < 4.78 is 0. The quantitative estimate of drug-likeness (QED) is 0.740. The van der Waals surface area contributed by atoms with Gasteiger partial charge in [0.05, 0.1) is 33.7 Å². The smallest absolute Gasteiger partial charge is 0.147 e. The molecule has 0 amide bonds. The van der Waals surface area contributed by atoms with Crippen LogP contribution in [0, 0.1) is 6.92 Å². The van der Waals surface area contributed by atoms with Gasteiger partial charge in [-0.3, -0.25) is 0 Å². The Bertz CT molecular complexity index is 646. The van der Waals surface area contributed by atoms with E-state index in [4.69, 9.17) is 34.7 Å². The van der Waals surface area contributed by atoms with Crippen LogP contribution in [-0.2, 0) is 6.61 Å². The molecule has 0 atom stereocenters. The van der Waals surface area contributed by atoms with Gasteiger partial charge in [-0.2, -0.15) is 0 Å². The van der Waals surface area contributed by atoms with Gasteiger partial charge in [-0.1, -0.05) is 23.2 Å². The summed E-state index contributed by atoms with van der Waals surface area (Å²) in [4.78, 5) is 8.41. The van der Waals surface area contributed by atoms with Crippen LogP contribution >= 0.6 is 23.2 Å². The monoisotopic (exact) mass is 298 g/mol. The molecule has 0 spiro atoms. The van der Waals surface area contributed by atoms with E-state index in [9.17, 15) is 5.11 Å². The Morgan fingerprint density at radius 1 is 1.16 bits per heavy atom. The Labute approximate surface area is 120 Å². The Morgan fingerprint density at radius 2 is 1.84 bits per heavy atom. The lowest BCUT2D eigenvalue weighted by molar-refractivity contribution is 0.277. The summed E-state index contributed by atoms with van der Waals surface area (Å²) in [6.07, 6.45) is 0. The first-order valence-electron chi connectivity index (χ1n) is 5.43. The van der Waals surface area contributed by atoms with Crippen LogP contribution in [0.1, 0.15) is 11.4 Å². The number of aliphatic hydroxyl groups is 1. The standard InChI is InChI=1S/C12H12Cl2N4O/c1-5-11(18-8(4-19)12(16)17-5)6-2-3-7(15)10(14)9(6)13/h2-3,19H,4,15H2,1H3,(H2,16,17). The number of aliphatic hydroxyl groups excluding tert-OH is 1. The summed E-state index contributed by atoms with van der Waals surface area (Å²) in [5.41, 5.74) is 13.7. The topological polar surface area (TPSA) is 98.0 Å². The fourth-order valence-electron chi connectivity index (χ4n) is 1.69. The number of rotatable bonds is 2. The minimum absolute atomic E-state index is 0.196. The zero-order valence-corrected chi connectivity index (χ0v) is 11.6. The molecule has 7 heteroatoms. The molecule has 2 aromatic rings. The number of hydrogen-bond donors (Lipinski definition) is 3. The van der Waals surface area contributed by atoms with Crippen molar-refractivity contribution in [2.24, 2.45) is 0 Å². The molecule has 0 aliphatic heterocycles. The first kappa shape index (κ1) is 13.9. The van der Waals surface area contributed by atoms with Crippen LogP contribution in [0.25, 0.3) is 11.3 Å². The Balaban J connectivity index is 2.69. The maximum atomic E-state index is 9.19. The van der Waals surface area contributed by atoms with Crippen molar-refractivity contribution in [3.05, 3.63) is 33.6 Å². The fourth-order valence-corrected chi connectivity index (χ4v) is 2.12. The largest absolute Gasteiger partial charge is 0.397 e. The van der Waals surface area contributed by atoms with E-state index >= 15 is 0 Å². The van der Waals surface area contributed by atoms with Crippen LogP contribution in [0.5, 0.6) is 0 Å². The van der Waals surface area contributed by atoms with Crippen LogP contribution in [0.3, 0.4) is 0 Å². The molecule has 2 rings (SSSR count). The zero-order valence-electron chi connectivity index (χ0n) is 10.1. The number of hydrogen-bond acceptors (Lipinski definition) is 5. The maximum Gasteiger partial charge on any atom is 0.147 e. The normalized spacial score (nSPS) is 10.7. The first-order valence-corrected chi connectivity index (χ1v) is 6.19. The van der Waals surface area contributed by atoms with E-state index in [1.54, 1.807) is 19.1 Å². The Morgan fingerprint density at radius 3 is 2.47 bits per heavy atom.